The second kappa shape index (κ2) is 6.55. The van der Waals surface area contributed by atoms with Crippen molar-refractivity contribution in [1.82, 2.24) is 0 Å². The van der Waals surface area contributed by atoms with Crippen LogP contribution in [-0.4, -0.2) is 27.2 Å². The lowest BCUT2D eigenvalue weighted by atomic mass is 10.2. The van der Waals surface area contributed by atoms with Gasteiger partial charge in [0, 0.05) is 34.9 Å². The van der Waals surface area contributed by atoms with Gasteiger partial charge in [-0.25, -0.2) is 8.78 Å². The average Bonchev–Trinajstić information content (AvgIpc) is 2.32. The maximum atomic E-state index is 13.6. The Hall–Kier alpha value is -1.57. The average molecular weight is 292 g/mol. The molecule has 1 rings (SSSR count). The van der Waals surface area contributed by atoms with E-state index >= 15 is 0 Å². The number of hydrogen-bond donors (Lipinski definition) is 1. The van der Waals surface area contributed by atoms with Crippen molar-refractivity contribution in [2.24, 2.45) is 0 Å². The zero-order valence-corrected chi connectivity index (χ0v) is 11.3. The molecule has 2 atom stereocenters. The first-order valence-electron chi connectivity index (χ1n) is 5.52. The number of nitro groups is 1. The van der Waals surface area contributed by atoms with Crippen molar-refractivity contribution in [2.45, 2.75) is 19.4 Å². The second-order valence-corrected chi connectivity index (χ2v) is 5.68. The highest BCUT2D eigenvalue weighted by Crippen LogP contribution is 2.29. The normalized spacial score (nSPS) is 13.9. The van der Waals surface area contributed by atoms with E-state index in [1.54, 1.807) is 6.92 Å². The summed E-state index contributed by atoms with van der Waals surface area (Å²) in [6, 6.07) is 1.26. The Kier molecular flexibility index (Phi) is 5.34. The maximum Gasteiger partial charge on any atom is 0.295 e. The highest BCUT2D eigenvalue weighted by Gasteiger charge is 2.22. The standard InChI is InChI=1S/C11H14F2N2O3S/c1-7(5-6-19(2)18)14-11-9(15(16)17)4-3-8(12)10(11)13/h3-4,7,14H,5-6H2,1-2H3. The Morgan fingerprint density at radius 3 is 2.63 bits per heavy atom. The summed E-state index contributed by atoms with van der Waals surface area (Å²) in [5.41, 5.74) is -0.997. The van der Waals surface area contributed by atoms with E-state index in [1.165, 1.54) is 6.26 Å². The Balaban J connectivity index is 2.95. The summed E-state index contributed by atoms with van der Waals surface area (Å²) >= 11 is 0. The van der Waals surface area contributed by atoms with Crippen LogP contribution in [0.5, 0.6) is 0 Å². The van der Waals surface area contributed by atoms with Crippen LogP contribution in [0.3, 0.4) is 0 Å². The van der Waals surface area contributed by atoms with Crippen LogP contribution in [0.15, 0.2) is 12.1 Å². The molecule has 0 fully saturated rings. The molecule has 0 aliphatic heterocycles. The molecule has 1 N–H and O–H groups in total. The Morgan fingerprint density at radius 2 is 2.11 bits per heavy atom. The van der Waals surface area contributed by atoms with Crippen LogP contribution in [0, 0.1) is 21.7 Å². The molecule has 0 spiro atoms. The summed E-state index contributed by atoms with van der Waals surface area (Å²) in [6.45, 7) is 1.65. The van der Waals surface area contributed by atoms with Gasteiger partial charge in [-0.15, -0.1) is 0 Å². The number of nitrogens with one attached hydrogen (secondary N) is 1. The minimum Gasteiger partial charge on any atom is -0.375 e. The van der Waals surface area contributed by atoms with E-state index in [9.17, 15) is 23.1 Å². The molecule has 5 nitrogen and oxygen atoms in total. The molecule has 0 saturated carbocycles. The number of nitrogens with zero attached hydrogens (tertiary/aromatic N) is 1. The monoisotopic (exact) mass is 292 g/mol. The highest BCUT2D eigenvalue weighted by atomic mass is 32.2. The van der Waals surface area contributed by atoms with Gasteiger partial charge in [-0.1, -0.05) is 0 Å². The predicted octanol–water partition coefficient (Wildman–Crippen LogP) is 2.44. The smallest absolute Gasteiger partial charge is 0.295 e. The van der Waals surface area contributed by atoms with Gasteiger partial charge in [0.05, 0.1) is 4.92 Å². The van der Waals surface area contributed by atoms with E-state index in [2.05, 4.69) is 5.32 Å². The summed E-state index contributed by atoms with van der Waals surface area (Å²) < 4.78 is 37.6. The van der Waals surface area contributed by atoms with Crippen molar-refractivity contribution in [3.8, 4) is 0 Å². The minimum absolute atomic E-state index is 0.362. The number of nitro benzene ring substituents is 1. The van der Waals surface area contributed by atoms with Gasteiger partial charge in [0.25, 0.3) is 5.69 Å². The van der Waals surface area contributed by atoms with Gasteiger partial charge in [-0.2, -0.15) is 0 Å². The molecular weight excluding hydrogens is 278 g/mol. The molecule has 0 aliphatic rings. The molecule has 0 bridgehead atoms. The van der Waals surface area contributed by atoms with E-state index in [-0.39, 0.29) is 6.04 Å². The fourth-order valence-electron chi connectivity index (χ4n) is 1.49. The van der Waals surface area contributed by atoms with Gasteiger partial charge in [0.1, 0.15) is 0 Å². The molecule has 1 aromatic rings. The van der Waals surface area contributed by atoms with Crippen molar-refractivity contribution in [1.29, 1.82) is 0 Å². The third kappa shape index (κ3) is 4.23. The Bertz CT molecular complexity index is 511. The first-order valence-corrected chi connectivity index (χ1v) is 7.24. The van der Waals surface area contributed by atoms with E-state index in [1.807, 2.05) is 0 Å². The number of rotatable bonds is 6. The highest BCUT2D eigenvalue weighted by molar-refractivity contribution is 7.84. The zero-order valence-electron chi connectivity index (χ0n) is 10.5. The maximum absolute atomic E-state index is 13.6. The molecule has 0 aliphatic carbocycles. The molecule has 2 unspecified atom stereocenters. The molecule has 0 saturated heterocycles. The molecule has 8 heteroatoms. The van der Waals surface area contributed by atoms with Crippen LogP contribution in [0.25, 0.3) is 0 Å². The molecular formula is C11H14F2N2O3S. The fraction of sp³-hybridized carbons (Fsp3) is 0.455. The van der Waals surface area contributed by atoms with Gasteiger partial charge in [0.15, 0.2) is 17.3 Å². The first kappa shape index (κ1) is 15.5. The Morgan fingerprint density at radius 1 is 1.47 bits per heavy atom. The van der Waals surface area contributed by atoms with Crippen LogP contribution in [0.4, 0.5) is 20.2 Å². The van der Waals surface area contributed by atoms with Gasteiger partial charge < -0.3 is 5.32 Å². The third-order valence-corrected chi connectivity index (χ3v) is 3.31. The number of halogens is 2. The number of anilines is 1. The lowest BCUT2D eigenvalue weighted by Gasteiger charge is -2.15. The van der Waals surface area contributed by atoms with Gasteiger partial charge in [-0.3, -0.25) is 14.3 Å². The Labute approximate surface area is 111 Å². The third-order valence-electron chi connectivity index (χ3n) is 2.50. The second-order valence-electron chi connectivity index (χ2n) is 4.12. The molecule has 0 radical (unpaired) electrons. The molecule has 0 amide bonds. The van der Waals surface area contributed by atoms with Crippen LogP contribution < -0.4 is 5.32 Å². The first-order chi connectivity index (χ1) is 8.82. The minimum atomic E-state index is -1.28. The SMILES string of the molecule is CC(CCS(C)=O)Nc1c([N+](=O)[O-])ccc(F)c1F. The van der Waals surface area contributed by atoms with E-state index in [0.29, 0.717) is 18.2 Å². The lowest BCUT2D eigenvalue weighted by molar-refractivity contribution is -0.384. The molecule has 106 valence electrons. The zero-order chi connectivity index (χ0) is 14.6. The molecule has 19 heavy (non-hydrogen) atoms. The summed E-state index contributed by atoms with van der Waals surface area (Å²) in [5, 5.41) is 13.3. The van der Waals surface area contributed by atoms with Crippen molar-refractivity contribution in [2.75, 3.05) is 17.3 Å². The predicted molar refractivity (Wildman–Crippen MR) is 69.6 cm³/mol. The van der Waals surface area contributed by atoms with Gasteiger partial charge in [-0.05, 0) is 19.4 Å². The fourth-order valence-corrected chi connectivity index (χ4v) is 2.18. The summed E-state index contributed by atoms with van der Waals surface area (Å²) in [6.07, 6.45) is 1.95. The van der Waals surface area contributed by atoms with E-state index in [4.69, 9.17) is 0 Å². The van der Waals surface area contributed by atoms with Crippen LogP contribution in [0.1, 0.15) is 13.3 Å². The summed E-state index contributed by atoms with van der Waals surface area (Å²) in [5.74, 6) is -2.06. The summed E-state index contributed by atoms with van der Waals surface area (Å²) in [4.78, 5) is 9.98. The lowest BCUT2D eigenvalue weighted by Crippen LogP contribution is -2.19. The van der Waals surface area contributed by atoms with Crippen molar-refractivity contribution >= 4 is 22.2 Å². The van der Waals surface area contributed by atoms with E-state index in [0.717, 1.165) is 6.07 Å². The van der Waals surface area contributed by atoms with Gasteiger partial charge in [0.2, 0.25) is 0 Å². The van der Waals surface area contributed by atoms with Crippen molar-refractivity contribution in [3.63, 3.8) is 0 Å². The van der Waals surface area contributed by atoms with Crippen molar-refractivity contribution < 1.29 is 17.9 Å². The van der Waals surface area contributed by atoms with Crippen LogP contribution in [0.2, 0.25) is 0 Å². The quantitative estimate of drug-likeness (QED) is 0.645. The number of hydrogen-bond acceptors (Lipinski definition) is 4. The van der Waals surface area contributed by atoms with E-state index < -0.39 is 38.7 Å². The largest absolute Gasteiger partial charge is 0.375 e. The van der Waals surface area contributed by atoms with Gasteiger partial charge >= 0.3 is 0 Å². The van der Waals surface area contributed by atoms with Crippen LogP contribution in [-0.2, 0) is 10.8 Å². The van der Waals surface area contributed by atoms with Crippen LogP contribution >= 0.6 is 0 Å². The molecule has 0 aromatic heterocycles. The summed E-state index contributed by atoms with van der Waals surface area (Å²) in [7, 11) is -1.01. The molecule has 1 aromatic carbocycles. The molecule has 0 heterocycles. The topological polar surface area (TPSA) is 72.2 Å². The van der Waals surface area contributed by atoms with Crippen molar-refractivity contribution in [3.05, 3.63) is 33.9 Å². The number of benzene rings is 1.